The normalized spacial score (nSPS) is 19.0. The lowest BCUT2D eigenvalue weighted by atomic mass is 10.1. The lowest BCUT2D eigenvalue weighted by Gasteiger charge is -2.30. The standard InChI is InChI=1S/C19H24N2O/c20-18-7-4-12-21(14-18)13-16-8-10-19(11-9-16)22-15-17-5-2-1-3-6-17/h1-3,5-6,8-11,18H,4,7,12-15,20H2. The quantitative estimate of drug-likeness (QED) is 0.921. The molecule has 1 fully saturated rings. The second kappa shape index (κ2) is 7.43. The highest BCUT2D eigenvalue weighted by atomic mass is 16.5. The van der Waals surface area contributed by atoms with Crippen LogP contribution < -0.4 is 10.5 Å². The minimum atomic E-state index is 0.335. The third-order valence-electron chi connectivity index (χ3n) is 4.12. The molecule has 2 N–H and O–H groups in total. The molecule has 116 valence electrons. The molecule has 1 heterocycles. The molecule has 1 saturated heterocycles. The first-order valence-electron chi connectivity index (χ1n) is 8.03. The predicted molar refractivity (Wildman–Crippen MR) is 89.7 cm³/mol. The number of hydrogen-bond donors (Lipinski definition) is 1. The van der Waals surface area contributed by atoms with Crippen LogP contribution in [0.15, 0.2) is 54.6 Å². The lowest BCUT2D eigenvalue weighted by Crippen LogP contribution is -2.42. The minimum Gasteiger partial charge on any atom is -0.489 e. The van der Waals surface area contributed by atoms with Gasteiger partial charge in [-0.3, -0.25) is 4.90 Å². The van der Waals surface area contributed by atoms with Gasteiger partial charge in [-0.25, -0.2) is 0 Å². The molecule has 1 atom stereocenters. The molecular formula is C19H24N2O. The Bertz CT molecular complexity index is 568. The maximum absolute atomic E-state index is 6.04. The summed E-state index contributed by atoms with van der Waals surface area (Å²) in [7, 11) is 0. The van der Waals surface area contributed by atoms with Crippen molar-refractivity contribution < 1.29 is 4.74 Å². The van der Waals surface area contributed by atoms with E-state index in [1.165, 1.54) is 17.5 Å². The number of likely N-dealkylation sites (tertiary alicyclic amines) is 1. The van der Waals surface area contributed by atoms with Crippen LogP contribution in [0.25, 0.3) is 0 Å². The van der Waals surface area contributed by atoms with Gasteiger partial charge in [0.2, 0.25) is 0 Å². The summed E-state index contributed by atoms with van der Waals surface area (Å²) in [6.07, 6.45) is 2.36. The second-order valence-electron chi connectivity index (χ2n) is 6.06. The molecule has 3 rings (SSSR count). The number of nitrogens with zero attached hydrogens (tertiary/aromatic N) is 1. The molecule has 1 unspecified atom stereocenters. The third kappa shape index (κ3) is 4.33. The maximum atomic E-state index is 6.04. The molecule has 0 radical (unpaired) electrons. The first-order chi connectivity index (χ1) is 10.8. The summed E-state index contributed by atoms with van der Waals surface area (Å²) in [5, 5.41) is 0. The van der Waals surface area contributed by atoms with E-state index in [0.29, 0.717) is 12.6 Å². The molecule has 0 amide bonds. The molecule has 2 aromatic rings. The van der Waals surface area contributed by atoms with Crippen LogP contribution in [0.4, 0.5) is 0 Å². The van der Waals surface area contributed by atoms with E-state index in [-0.39, 0.29) is 0 Å². The van der Waals surface area contributed by atoms with Gasteiger partial charge in [-0.15, -0.1) is 0 Å². The fraction of sp³-hybridized carbons (Fsp3) is 0.368. The van der Waals surface area contributed by atoms with Crippen molar-refractivity contribution in [1.82, 2.24) is 4.90 Å². The topological polar surface area (TPSA) is 38.5 Å². The van der Waals surface area contributed by atoms with Crippen molar-refractivity contribution in [2.24, 2.45) is 5.73 Å². The number of rotatable bonds is 5. The number of hydrogen-bond acceptors (Lipinski definition) is 3. The van der Waals surface area contributed by atoms with Crippen LogP contribution in [0.3, 0.4) is 0 Å². The van der Waals surface area contributed by atoms with Crippen molar-refractivity contribution in [1.29, 1.82) is 0 Å². The molecule has 22 heavy (non-hydrogen) atoms. The molecule has 1 aliphatic heterocycles. The number of nitrogens with two attached hydrogens (primary N) is 1. The maximum Gasteiger partial charge on any atom is 0.119 e. The fourth-order valence-electron chi connectivity index (χ4n) is 2.93. The molecule has 0 bridgehead atoms. The summed E-state index contributed by atoms with van der Waals surface area (Å²) in [5.41, 5.74) is 8.55. The number of benzene rings is 2. The predicted octanol–water partition coefficient (Wildman–Crippen LogP) is 3.19. The van der Waals surface area contributed by atoms with Crippen molar-refractivity contribution >= 4 is 0 Å². The van der Waals surface area contributed by atoms with Crippen molar-refractivity contribution in [3.63, 3.8) is 0 Å². The minimum absolute atomic E-state index is 0.335. The SMILES string of the molecule is NC1CCCN(Cc2ccc(OCc3ccccc3)cc2)C1. The molecule has 2 aromatic carbocycles. The molecule has 1 aliphatic rings. The van der Waals surface area contributed by atoms with Gasteiger partial charge >= 0.3 is 0 Å². The van der Waals surface area contributed by atoms with E-state index in [9.17, 15) is 0 Å². The molecule has 0 aromatic heterocycles. The highest BCUT2D eigenvalue weighted by Gasteiger charge is 2.16. The average Bonchev–Trinajstić information content (AvgIpc) is 2.55. The van der Waals surface area contributed by atoms with Gasteiger partial charge in [0, 0.05) is 19.1 Å². The van der Waals surface area contributed by atoms with E-state index in [1.807, 2.05) is 18.2 Å². The summed E-state index contributed by atoms with van der Waals surface area (Å²) in [4.78, 5) is 2.44. The van der Waals surface area contributed by atoms with Gasteiger partial charge in [-0.05, 0) is 42.6 Å². The van der Waals surface area contributed by atoms with Crippen LogP contribution in [0.5, 0.6) is 5.75 Å². The summed E-state index contributed by atoms with van der Waals surface area (Å²) >= 11 is 0. The van der Waals surface area contributed by atoms with Crippen LogP contribution in [-0.2, 0) is 13.2 Å². The van der Waals surface area contributed by atoms with Crippen LogP contribution in [0, 0.1) is 0 Å². The molecule has 3 heteroatoms. The Morgan fingerprint density at radius 3 is 2.50 bits per heavy atom. The molecule has 0 spiro atoms. The van der Waals surface area contributed by atoms with Gasteiger partial charge in [0.05, 0.1) is 0 Å². The Morgan fingerprint density at radius 1 is 1.00 bits per heavy atom. The van der Waals surface area contributed by atoms with Gasteiger partial charge < -0.3 is 10.5 Å². The Balaban J connectivity index is 1.51. The van der Waals surface area contributed by atoms with Crippen molar-refractivity contribution in [3.8, 4) is 5.75 Å². The van der Waals surface area contributed by atoms with E-state index in [2.05, 4.69) is 41.3 Å². The van der Waals surface area contributed by atoms with Crippen LogP contribution in [0.1, 0.15) is 24.0 Å². The summed E-state index contributed by atoms with van der Waals surface area (Å²) < 4.78 is 5.82. The van der Waals surface area contributed by atoms with E-state index in [4.69, 9.17) is 10.5 Å². The van der Waals surface area contributed by atoms with E-state index in [1.54, 1.807) is 0 Å². The van der Waals surface area contributed by atoms with Crippen LogP contribution in [0.2, 0.25) is 0 Å². The average molecular weight is 296 g/mol. The Morgan fingerprint density at radius 2 is 1.77 bits per heavy atom. The zero-order valence-corrected chi connectivity index (χ0v) is 12.9. The molecular weight excluding hydrogens is 272 g/mol. The van der Waals surface area contributed by atoms with Crippen molar-refractivity contribution in [2.75, 3.05) is 13.1 Å². The Labute approximate surface area is 132 Å². The fourth-order valence-corrected chi connectivity index (χ4v) is 2.93. The van der Waals surface area contributed by atoms with Crippen LogP contribution in [-0.4, -0.2) is 24.0 Å². The largest absolute Gasteiger partial charge is 0.489 e. The highest BCUT2D eigenvalue weighted by molar-refractivity contribution is 5.27. The van der Waals surface area contributed by atoms with Gasteiger partial charge in [0.1, 0.15) is 12.4 Å². The van der Waals surface area contributed by atoms with Gasteiger partial charge in [-0.2, -0.15) is 0 Å². The van der Waals surface area contributed by atoms with Gasteiger partial charge in [0.15, 0.2) is 0 Å². The van der Waals surface area contributed by atoms with Gasteiger partial charge in [0.25, 0.3) is 0 Å². The van der Waals surface area contributed by atoms with E-state index in [0.717, 1.165) is 31.8 Å². The van der Waals surface area contributed by atoms with Gasteiger partial charge in [-0.1, -0.05) is 42.5 Å². The molecule has 3 nitrogen and oxygen atoms in total. The molecule has 0 aliphatic carbocycles. The Hall–Kier alpha value is -1.84. The molecule has 0 saturated carbocycles. The first kappa shape index (κ1) is 15.1. The van der Waals surface area contributed by atoms with Crippen LogP contribution >= 0.6 is 0 Å². The highest BCUT2D eigenvalue weighted by Crippen LogP contribution is 2.17. The summed E-state index contributed by atoms with van der Waals surface area (Å²) in [5.74, 6) is 0.919. The lowest BCUT2D eigenvalue weighted by molar-refractivity contribution is 0.201. The third-order valence-corrected chi connectivity index (χ3v) is 4.12. The smallest absolute Gasteiger partial charge is 0.119 e. The second-order valence-corrected chi connectivity index (χ2v) is 6.06. The first-order valence-corrected chi connectivity index (χ1v) is 8.03. The van der Waals surface area contributed by atoms with Crippen molar-refractivity contribution in [2.45, 2.75) is 32.0 Å². The number of ether oxygens (including phenoxy) is 1. The Kier molecular flexibility index (Phi) is 5.09. The zero-order chi connectivity index (χ0) is 15.2. The summed E-state index contributed by atoms with van der Waals surface area (Å²) in [6.45, 7) is 3.75. The monoisotopic (exact) mass is 296 g/mol. The zero-order valence-electron chi connectivity index (χ0n) is 12.9. The summed E-state index contributed by atoms with van der Waals surface area (Å²) in [6, 6.07) is 19.0. The number of piperidine rings is 1. The van der Waals surface area contributed by atoms with E-state index < -0.39 is 0 Å². The van der Waals surface area contributed by atoms with Crippen molar-refractivity contribution in [3.05, 3.63) is 65.7 Å². The van der Waals surface area contributed by atoms with E-state index >= 15 is 0 Å².